The number of fused-ring (bicyclic) bond motifs is 2. The summed E-state index contributed by atoms with van der Waals surface area (Å²) < 4.78 is 0.839. The lowest BCUT2D eigenvalue weighted by Gasteiger charge is -2.22. The van der Waals surface area contributed by atoms with Gasteiger partial charge in [0, 0.05) is 28.5 Å². The van der Waals surface area contributed by atoms with Crippen LogP contribution >= 0.6 is 27.7 Å². The Bertz CT molecular complexity index is 1070. The van der Waals surface area contributed by atoms with Gasteiger partial charge in [0.1, 0.15) is 5.03 Å². The summed E-state index contributed by atoms with van der Waals surface area (Å²) in [6.07, 6.45) is 2.57. The third-order valence-corrected chi connectivity index (χ3v) is 6.32. The van der Waals surface area contributed by atoms with E-state index in [1.54, 1.807) is 23.2 Å². The average Bonchev–Trinajstić information content (AvgIpc) is 2.85. The molecule has 0 atom stereocenters. The van der Waals surface area contributed by atoms with Crippen molar-refractivity contribution in [2.75, 3.05) is 16.8 Å². The number of nitrogens with one attached hydrogen (secondary N) is 1. The second kappa shape index (κ2) is 8.80. The number of halogens is 1. The topological polar surface area (TPSA) is 62.3 Å². The third-order valence-electron chi connectivity index (χ3n) is 4.54. The molecular formula is C22H18BrN3O2S. The van der Waals surface area contributed by atoms with Crippen molar-refractivity contribution in [3.8, 4) is 0 Å². The van der Waals surface area contributed by atoms with Gasteiger partial charge < -0.3 is 10.2 Å². The molecule has 0 saturated carbocycles. The van der Waals surface area contributed by atoms with E-state index in [9.17, 15) is 9.59 Å². The Kier molecular flexibility index (Phi) is 5.97. The summed E-state index contributed by atoms with van der Waals surface area (Å²) in [7, 11) is 0. The first kappa shape index (κ1) is 19.7. The first-order valence-corrected chi connectivity index (χ1v) is 10.8. The Balaban J connectivity index is 1.48. The third kappa shape index (κ3) is 4.36. The molecule has 0 saturated heterocycles. The zero-order chi connectivity index (χ0) is 20.2. The Morgan fingerprint density at radius 2 is 1.86 bits per heavy atom. The zero-order valence-electron chi connectivity index (χ0n) is 15.5. The van der Waals surface area contributed by atoms with Crippen LogP contribution in [0.4, 0.5) is 11.4 Å². The summed E-state index contributed by atoms with van der Waals surface area (Å²) in [6, 6.07) is 18.9. The maximum absolute atomic E-state index is 13.2. The molecule has 3 aromatic rings. The first-order chi connectivity index (χ1) is 14.1. The summed E-state index contributed by atoms with van der Waals surface area (Å²) in [5.74, 6) is -0.166. The van der Waals surface area contributed by atoms with E-state index in [1.807, 2.05) is 48.5 Å². The minimum Gasteiger partial charge on any atom is -0.325 e. The molecule has 1 N–H and O–H groups in total. The van der Waals surface area contributed by atoms with Crippen LogP contribution in [0.2, 0.25) is 0 Å². The predicted molar refractivity (Wildman–Crippen MR) is 118 cm³/mol. The van der Waals surface area contributed by atoms with Gasteiger partial charge in [-0.3, -0.25) is 9.59 Å². The molecule has 0 spiro atoms. The highest BCUT2D eigenvalue weighted by Gasteiger charge is 2.27. The van der Waals surface area contributed by atoms with Gasteiger partial charge in [-0.15, -0.1) is 0 Å². The fraction of sp³-hybridized carbons (Fsp3) is 0.136. The van der Waals surface area contributed by atoms with Crippen molar-refractivity contribution >= 4 is 50.9 Å². The van der Waals surface area contributed by atoms with Gasteiger partial charge in [-0.2, -0.15) is 0 Å². The number of carbonyl (C=O) groups excluding carboxylic acids is 2. The Labute approximate surface area is 181 Å². The molecule has 5 nitrogen and oxygen atoms in total. The fourth-order valence-electron chi connectivity index (χ4n) is 3.16. The number of hydrogen-bond acceptors (Lipinski definition) is 4. The second-order valence-electron chi connectivity index (χ2n) is 6.51. The normalized spacial score (nSPS) is 12.7. The van der Waals surface area contributed by atoms with Gasteiger partial charge in [-0.25, -0.2) is 4.98 Å². The molecule has 2 heterocycles. The van der Waals surface area contributed by atoms with E-state index in [-0.39, 0.29) is 11.8 Å². The van der Waals surface area contributed by atoms with Gasteiger partial charge in [0.15, 0.2) is 0 Å². The largest absolute Gasteiger partial charge is 0.325 e. The number of pyridine rings is 1. The molecule has 0 unspecified atom stereocenters. The number of aromatic nitrogens is 1. The smallest absolute Gasteiger partial charge is 0.261 e. The van der Waals surface area contributed by atoms with E-state index in [0.717, 1.165) is 20.7 Å². The molecule has 2 amide bonds. The molecular weight excluding hydrogens is 450 g/mol. The number of anilines is 2. The molecule has 0 fully saturated rings. The van der Waals surface area contributed by atoms with Crippen molar-refractivity contribution in [1.29, 1.82) is 0 Å². The van der Waals surface area contributed by atoms with Crippen LogP contribution < -0.4 is 10.2 Å². The van der Waals surface area contributed by atoms with Gasteiger partial charge in [0.25, 0.3) is 5.91 Å². The lowest BCUT2D eigenvalue weighted by molar-refractivity contribution is -0.116. The van der Waals surface area contributed by atoms with E-state index in [0.29, 0.717) is 30.0 Å². The fourth-order valence-corrected chi connectivity index (χ4v) is 4.56. The number of carbonyl (C=O) groups is 2. The van der Waals surface area contributed by atoms with E-state index < -0.39 is 0 Å². The van der Waals surface area contributed by atoms with Gasteiger partial charge >= 0.3 is 0 Å². The number of amides is 2. The van der Waals surface area contributed by atoms with E-state index >= 15 is 0 Å². The highest BCUT2D eigenvalue weighted by molar-refractivity contribution is 9.10. The highest BCUT2D eigenvalue weighted by atomic mass is 79.9. The summed E-state index contributed by atoms with van der Waals surface area (Å²) in [5, 5.41) is 3.61. The van der Waals surface area contributed by atoms with Crippen molar-refractivity contribution < 1.29 is 9.59 Å². The first-order valence-electron chi connectivity index (χ1n) is 9.21. The van der Waals surface area contributed by atoms with Crippen LogP contribution in [-0.4, -0.2) is 23.3 Å². The van der Waals surface area contributed by atoms with Gasteiger partial charge in [-0.05, 0) is 58.7 Å². The van der Waals surface area contributed by atoms with Crippen molar-refractivity contribution in [2.45, 2.75) is 22.8 Å². The molecule has 1 aromatic heterocycles. The number of hydrogen-bond donors (Lipinski definition) is 1. The maximum atomic E-state index is 13.2. The Morgan fingerprint density at radius 3 is 2.72 bits per heavy atom. The van der Waals surface area contributed by atoms with Crippen LogP contribution in [0, 0.1) is 0 Å². The van der Waals surface area contributed by atoms with Crippen LogP contribution in [0.3, 0.4) is 0 Å². The minimum atomic E-state index is -0.0863. The van der Waals surface area contributed by atoms with Crippen LogP contribution in [-0.2, 0) is 4.79 Å². The molecule has 7 heteroatoms. The molecule has 146 valence electrons. The average molecular weight is 468 g/mol. The lowest BCUT2D eigenvalue weighted by Crippen LogP contribution is -2.32. The molecule has 1 aliphatic heterocycles. The molecule has 4 rings (SSSR count). The highest BCUT2D eigenvalue weighted by Crippen LogP contribution is 2.40. The number of nitrogens with zero attached hydrogens (tertiary/aromatic N) is 2. The number of rotatable bonds is 5. The van der Waals surface area contributed by atoms with Crippen LogP contribution in [0.1, 0.15) is 23.2 Å². The molecule has 0 aliphatic carbocycles. The quantitative estimate of drug-likeness (QED) is 0.547. The van der Waals surface area contributed by atoms with Crippen molar-refractivity contribution in [1.82, 2.24) is 4.98 Å². The second-order valence-corrected chi connectivity index (χ2v) is 8.40. The van der Waals surface area contributed by atoms with Crippen molar-refractivity contribution in [3.63, 3.8) is 0 Å². The van der Waals surface area contributed by atoms with E-state index in [4.69, 9.17) is 0 Å². The number of benzene rings is 2. The van der Waals surface area contributed by atoms with Crippen LogP contribution in [0.15, 0.2) is 81.3 Å². The standard InChI is InChI=1S/C22H18BrN3O2S/c23-16-8-1-2-9-17(16)25-20(27)12-6-14-26-18-10-3-4-11-19(18)29-21-15(22(26)28)7-5-13-24-21/h1-5,7-11,13H,6,12,14H2,(H,25,27). The van der Waals surface area contributed by atoms with E-state index in [2.05, 4.69) is 26.2 Å². The SMILES string of the molecule is O=C(CCCN1C(=O)c2cccnc2Sc2ccccc21)Nc1ccccc1Br. The van der Waals surface area contributed by atoms with Gasteiger partial charge in [0.05, 0.1) is 16.9 Å². The van der Waals surface area contributed by atoms with Gasteiger partial charge in [-0.1, -0.05) is 36.0 Å². The molecule has 0 radical (unpaired) electrons. The van der Waals surface area contributed by atoms with E-state index in [1.165, 1.54) is 11.8 Å². The van der Waals surface area contributed by atoms with Crippen LogP contribution in [0.5, 0.6) is 0 Å². The molecule has 2 aromatic carbocycles. The lowest BCUT2D eigenvalue weighted by atomic mass is 10.2. The van der Waals surface area contributed by atoms with Crippen molar-refractivity contribution in [3.05, 3.63) is 76.9 Å². The maximum Gasteiger partial charge on any atom is 0.261 e. The minimum absolute atomic E-state index is 0.0797. The summed E-state index contributed by atoms with van der Waals surface area (Å²) in [4.78, 5) is 32.6. The molecule has 1 aliphatic rings. The monoisotopic (exact) mass is 467 g/mol. The van der Waals surface area contributed by atoms with Gasteiger partial charge in [0.2, 0.25) is 5.91 Å². The Morgan fingerprint density at radius 1 is 1.07 bits per heavy atom. The molecule has 0 bridgehead atoms. The Hall–Kier alpha value is -2.64. The van der Waals surface area contributed by atoms with Crippen molar-refractivity contribution in [2.24, 2.45) is 0 Å². The van der Waals surface area contributed by atoms with Crippen LogP contribution in [0.25, 0.3) is 0 Å². The molecule has 29 heavy (non-hydrogen) atoms. The zero-order valence-corrected chi connectivity index (χ0v) is 17.9. The summed E-state index contributed by atoms with van der Waals surface area (Å²) in [6.45, 7) is 0.453. The summed E-state index contributed by atoms with van der Waals surface area (Å²) >= 11 is 4.93. The summed E-state index contributed by atoms with van der Waals surface area (Å²) in [5.41, 5.74) is 2.18. The number of para-hydroxylation sites is 2. The predicted octanol–water partition coefficient (Wildman–Crippen LogP) is 5.37.